The van der Waals surface area contributed by atoms with Crippen molar-refractivity contribution in [3.05, 3.63) is 53.5 Å². The first-order valence-electron chi connectivity index (χ1n) is 10.8. The molecule has 4 rings (SSSR count). The Morgan fingerprint density at radius 2 is 1.97 bits per heavy atom. The maximum atomic E-state index is 9.65. The average Bonchev–Trinajstić information content (AvgIpc) is 3.25. The third-order valence-electron chi connectivity index (χ3n) is 6.17. The lowest BCUT2D eigenvalue weighted by Crippen LogP contribution is -2.44. The van der Waals surface area contributed by atoms with Gasteiger partial charge >= 0.3 is 0 Å². The number of nitrogens with one attached hydrogen (secondary N) is 2. The molecule has 1 saturated heterocycles. The molecule has 1 aliphatic heterocycles. The summed E-state index contributed by atoms with van der Waals surface area (Å²) in [6, 6.07) is 8.55. The van der Waals surface area contributed by atoms with Crippen LogP contribution in [0.25, 0.3) is 10.9 Å². The van der Waals surface area contributed by atoms with Crippen LogP contribution in [-0.4, -0.2) is 59.5 Å². The van der Waals surface area contributed by atoms with Gasteiger partial charge in [-0.15, -0.1) is 0 Å². The Balaban J connectivity index is 1.45. The van der Waals surface area contributed by atoms with Crippen LogP contribution in [0.3, 0.4) is 0 Å². The van der Waals surface area contributed by atoms with Crippen LogP contribution < -0.4 is 5.32 Å². The number of hydrogen-bond acceptors (Lipinski definition) is 5. The van der Waals surface area contributed by atoms with Gasteiger partial charge in [0.15, 0.2) is 0 Å². The van der Waals surface area contributed by atoms with Gasteiger partial charge in [-0.2, -0.15) is 5.26 Å². The molecule has 0 radical (unpaired) electrons. The lowest BCUT2D eigenvalue weighted by atomic mass is 10.0. The molecule has 3 aromatic rings. The Morgan fingerprint density at radius 1 is 1.13 bits per heavy atom. The highest BCUT2D eigenvalue weighted by atomic mass is 15.2. The van der Waals surface area contributed by atoms with Gasteiger partial charge in [-0.05, 0) is 69.1 Å². The Hall–Kier alpha value is -2.88. The molecular weight excluding hydrogens is 372 g/mol. The molecule has 2 N–H and O–H groups in total. The first-order chi connectivity index (χ1) is 14.7. The summed E-state index contributed by atoms with van der Waals surface area (Å²) < 4.78 is 0. The van der Waals surface area contributed by atoms with Gasteiger partial charge in [0.25, 0.3) is 0 Å². The summed E-state index contributed by atoms with van der Waals surface area (Å²) in [6.07, 6.45) is 8.69. The van der Waals surface area contributed by atoms with E-state index in [1.807, 2.05) is 12.4 Å². The lowest BCUT2D eigenvalue weighted by molar-refractivity contribution is 0.152. The van der Waals surface area contributed by atoms with Crippen molar-refractivity contribution in [2.45, 2.75) is 26.2 Å². The second kappa shape index (κ2) is 9.29. The van der Waals surface area contributed by atoms with E-state index < -0.39 is 0 Å². The van der Waals surface area contributed by atoms with E-state index in [0.717, 1.165) is 74.4 Å². The predicted octanol–water partition coefficient (Wildman–Crippen LogP) is 4.06. The minimum absolute atomic E-state index is 0.597. The number of aryl methyl sites for hydroxylation is 2. The van der Waals surface area contributed by atoms with E-state index >= 15 is 0 Å². The second-order valence-corrected chi connectivity index (χ2v) is 8.24. The highest BCUT2D eigenvalue weighted by Gasteiger charge is 2.14. The lowest BCUT2D eigenvalue weighted by Gasteiger charge is -2.32. The molecular formula is C24H30N6. The van der Waals surface area contributed by atoms with Gasteiger partial charge in [0.2, 0.25) is 0 Å². The zero-order valence-electron chi connectivity index (χ0n) is 17.9. The molecule has 6 nitrogen and oxygen atoms in total. The van der Waals surface area contributed by atoms with Crippen molar-refractivity contribution in [1.29, 1.82) is 5.26 Å². The van der Waals surface area contributed by atoms with Crippen molar-refractivity contribution < 1.29 is 0 Å². The average molecular weight is 403 g/mol. The quantitative estimate of drug-likeness (QED) is 0.583. The largest absolute Gasteiger partial charge is 0.361 e. The van der Waals surface area contributed by atoms with Crippen LogP contribution in [0.2, 0.25) is 0 Å². The van der Waals surface area contributed by atoms with Crippen molar-refractivity contribution in [2.24, 2.45) is 0 Å². The summed E-state index contributed by atoms with van der Waals surface area (Å²) in [5, 5.41) is 14.4. The number of nitriles is 1. The number of unbranched alkanes of at least 4 members (excludes halogenated alkanes) is 1. The maximum absolute atomic E-state index is 9.65. The van der Waals surface area contributed by atoms with Gasteiger partial charge < -0.3 is 20.1 Å². The highest BCUT2D eigenvalue weighted by molar-refractivity contribution is 5.89. The van der Waals surface area contributed by atoms with Crippen LogP contribution in [0.1, 0.15) is 29.5 Å². The minimum Gasteiger partial charge on any atom is -0.361 e. The Bertz CT molecular complexity index is 1040. The molecule has 6 heteroatoms. The number of piperazine rings is 1. The number of anilines is 2. The molecule has 1 aromatic carbocycles. The van der Waals surface area contributed by atoms with E-state index in [0.29, 0.717) is 5.56 Å². The third kappa shape index (κ3) is 4.48. The fourth-order valence-electron chi connectivity index (χ4n) is 4.20. The summed E-state index contributed by atoms with van der Waals surface area (Å²) in [4.78, 5) is 12.5. The number of aromatic nitrogens is 2. The molecule has 0 amide bonds. The molecule has 156 valence electrons. The number of H-pyrrole nitrogens is 1. The van der Waals surface area contributed by atoms with Gasteiger partial charge in [0.1, 0.15) is 6.07 Å². The molecule has 30 heavy (non-hydrogen) atoms. The van der Waals surface area contributed by atoms with Crippen molar-refractivity contribution in [3.63, 3.8) is 0 Å². The minimum atomic E-state index is 0.597. The van der Waals surface area contributed by atoms with Gasteiger partial charge in [0, 0.05) is 61.4 Å². The molecule has 2 aromatic heterocycles. The van der Waals surface area contributed by atoms with Gasteiger partial charge in [0.05, 0.1) is 11.3 Å². The van der Waals surface area contributed by atoms with E-state index in [-0.39, 0.29) is 0 Å². The van der Waals surface area contributed by atoms with Crippen LogP contribution in [-0.2, 0) is 6.42 Å². The zero-order valence-corrected chi connectivity index (χ0v) is 17.9. The van der Waals surface area contributed by atoms with Crippen molar-refractivity contribution in [2.75, 3.05) is 45.1 Å². The van der Waals surface area contributed by atoms with Crippen LogP contribution in [0, 0.1) is 18.3 Å². The fraction of sp³-hybridized carbons (Fsp3) is 0.417. The molecule has 0 spiro atoms. The summed E-state index contributed by atoms with van der Waals surface area (Å²) in [6.45, 7) is 7.90. The summed E-state index contributed by atoms with van der Waals surface area (Å²) in [5.74, 6) is 0. The van der Waals surface area contributed by atoms with E-state index in [1.54, 1.807) is 6.20 Å². The topological polar surface area (TPSA) is 71.0 Å². The number of fused-ring (bicyclic) bond motifs is 1. The predicted molar refractivity (Wildman–Crippen MR) is 122 cm³/mol. The Kier molecular flexibility index (Phi) is 6.32. The number of hydrogen-bond donors (Lipinski definition) is 2. The Morgan fingerprint density at radius 3 is 2.77 bits per heavy atom. The SMILES string of the molecule is Cc1c(Nc2c(C#N)cncc2CCCCN2CCN(C)CC2)ccc2[nH]ccc12. The van der Waals surface area contributed by atoms with Gasteiger partial charge in [-0.3, -0.25) is 4.98 Å². The van der Waals surface area contributed by atoms with Crippen molar-refractivity contribution in [3.8, 4) is 6.07 Å². The fourth-order valence-corrected chi connectivity index (χ4v) is 4.20. The number of benzene rings is 1. The summed E-state index contributed by atoms with van der Waals surface area (Å²) in [7, 11) is 2.19. The van der Waals surface area contributed by atoms with Crippen molar-refractivity contribution >= 4 is 22.3 Å². The number of nitrogens with zero attached hydrogens (tertiary/aromatic N) is 4. The van der Waals surface area contributed by atoms with E-state index in [4.69, 9.17) is 0 Å². The van der Waals surface area contributed by atoms with E-state index in [1.165, 1.54) is 10.9 Å². The van der Waals surface area contributed by atoms with Gasteiger partial charge in [-0.1, -0.05) is 0 Å². The number of rotatable bonds is 7. The van der Waals surface area contributed by atoms with E-state index in [9.17, 15) is 5.26 Å². The molecule has 0 bridgehead atoms. The molecule has 0 unspecified atom stereocenters. The molecule has 1 aliphatic rings. The van der Waals surface area contributed by atoms with E-state index in [2.05, 4.69) is 63.3 Å². The molecule has 0 atom stereocenters. The number of aromatic amines is 1. The van der Waals surface area contributed by atoms with Crippen LogP contribution in [0.4, 0.5) is 11.4 Å². The Labute approximate surface area is 178 Å². The molecule has 0 saturated carbocycles. The number of likely N-dealkylation sites (N-methyl/N-ethyl adjacent to an activating group) is 1. The second-order valence-electron chi connectivity index (χ2n) is 8.24. The highest BCUT2D eigenvalue weighted by Crippen LogP contribution is 2.30. The standard InChI is InChI=1S/C24H30N6/c1-18-21-8-9-27-23(21)7-6-22(18)28-24-19(16-26-17-20(24)15-25)5-3-4-10-30-13-11-29(2)12-14-30/h6-9,16-17,27H,3-5,10-14H2,1-2H3,(H,26,28). The van der Waals surface area contributed by atoms with Gasteiger partial charge in [-0.25, -0.2) is 0 Å². The van der Waals surface area contributed by atoms with Crippen LogP contribution >= 0.6 is 0 Å². The summed E-state index contributed by atoms with van der Waals surface area (Å²) in [5.41, 5.74) is 5.93. The summed E-state index contributed by atoms with van der Waals surface area (Å²) >= 11 is 0. The molecule has 1 fully saturated rings. The normalized spacial score (nSPS) is 15.4. The van der Waals surface area contributed by atoms with Crippen LogP contribution in [0.5, 0.6) is 0 Å². The monoisotopic (exact) mass is 402 g/mol. The van der Waals surface area contributed by atoms with Crippen molar-refractivity contribution in [1.82, 2.24) is 19.8 Å². The first-order valence-corrected chi connectivity index (χ1v) is 10.8. The molecule has 0 aliphatic carbocycles. The molecule has 3 heterocycles. The third-order valence-corrected chi connectivity index (χ3v) is 6.17. The first kappa shape index (κ1) is 20.4. The zero-order chi connectivity index (χ0) is 20.9. The van der Waals surface area contributed by atoms with Crippen LogP contribution in [0.15, 0.2) is 36.8 Å². The maximum Gasteiger partial charge on any atom is 0.103 e. The smallest absolute Gasteiger partial charge is 0.103 e. The number of pyridine rings is 1.